The zero-order valence-corrected chi connectivity index (χ0v) is 16.1. The number of rotatable bonds is 2. The van der Waals surface area contributed by atoms with Gasteiger partial charge in [0.15, 0.2) is 5.79 Å². The maximum atomic E-state index is 12.7. The van der Waals surface area contributed by atoms with Crippen LogP contribution >= 0.6 is 0 Å². The Kier molecular flexibility index (Phi) is 4.09. The van der Waals surface area contributed by atoms with Gasteiger partial charge in [0.1, 0.15) is 5.76 Å². The molecule has 5 nitrogen and oxygen atoms in total. The number of ether oxygens (including phenoxy) is 2. The average molecular weight is 408 g/mol. The molecule has 0 aromatic carbocycles. The van der Waals surface area contributed by atoms with Crippen LogP contribution in [-0.2, 0) is 23.8 Å². The predicted octanol–water partition coefficient (Wildman–Crippen LogP) is 4.03. The number of fused-ring (bicyclic) bond motifs is 3. The van der Waals surface area contributed by atoms with Gasteiger partial charge in [-0.2, -0.15) is 21.6 Å². The van der Waals surface area contributed by atoms with E-state index in [4.69, 9.17) is 9.47 Å². The summed E-state index contributed by atoms with van der Waals surface area (Å²) < 4.78 is 77.0. The molecule has 9 heteroatoms. The Morgan fingerprint density at radius 3 is 2.48 bits per heavy atom. The quantitative estimate of drug-likeness (QED) is 0.392. The summed E-state index contributed by atoms with van der Waals surface area (Å²) in [5.74, 6) is -0.691. The second-order valence-corrected chi connectivity index (χ2v) is 9.90. The van der Waals surface area contributed by atoms with E-state index < -0.39 is 26.8 Å². The van der Waals surface area contributed by atoms with E-state index in [2.05, 4.69) is 17.2 Å². The van der Waals surface area contributed by atoms with E-state index >= 15 is 0 Å². The molecular formula is C18H23F3O5S. The molecule has 1 saturated heterocycles. The summed E-state index contributed by atoms with van der Waals surface area (Å²) in [6.07, 6.45) is 6.68. The van der Waals surface area contributed by atoms with Crippen molar-refractivity contribution in [1.29, 1.82) is 0 Å². The van der Waals surface area contributed by atoms with Gasteiger partial charge in [-0.3, -0.25) is 0 Å². The molecule has 1 spiro atoms. The molecule has 0 N–H and O–H groups in total. The number of allylic oxidation sites excluding steroid dienone is 3. The van der Waals surface area contributed by atoms with E-state index in [0.717, 1.165) is 6.42 Å². The van der Waals surface area contributed by atoms with E-state index in [-0.39, 0.29) is 23.5 Å². The first-order valence-corrected chi connectivity index (χ1v) is 10.5. The maximum absolute atomic E-state index is 12.7. The lowest BCUT2D eigenvalue weighted by atomic mass is 9.49. The summed E-state index contributed by atoms with van der Waals surface area (Å²) in [5.41, 5.74) is -5.03. The van der Waals surface area contributed by atoms with Gasteiger partial charge in [-0.05, 0) is 30.3 Å². The van der Waals surface area contributed by atoms with Crippen LogP contribution in [0.2, 0.25) is 0 Å². The number of hydrogen-bond donors (Lipinski definition) is 0. The molecule has 0 aromatic heterocycles. The average Bonchev–Trinajstić information content (AvgIpc) is 3.12. The minimum atomic E-state index is -5.64. The van der Waals surface area contributed by atoms with Crippen LogP contribution in [0.1, 0.15) is 46.0 Å². The predicted molar refractivity (Wildman–Crippen MR) is 89.6 cm³/mol. The summed E-state index contributed by atoms with van der Waals surface area (Å²) in [5, 5.41) is 0. The fourth-order valence-electron chi connectivity index (χ4n) is 5.27. The van der Waals surface area contributed by atoms with Crippen LogP contribution in [0.4, 0.5) is 13.2 Å². The van der Waals surface area contributed by atoms with E-state index in [0.29, 0.717) is 32.5 Å². The molecule has 1 aliphatic heterocycles. The molecule has 1 heterocycles. The molecule has 3 atom stereocenters. The van der Waals surface area contributed by atoms with Crippen molar-refractivity contribution in [2.24, 2.45) is 16.7 Å². The molecule has 0 radical (unpaired) electrons. The Bertz CT molecular complexity index is 809. The van der Waals surface area contributed by atoms with E-state index in [1.54, 1.807) is 6.08 Å². The van der Waals surface area contributed by atoms with Crippen molar-refractivity contribution in [2.45, 2.75) is 57.2 Å². The molecule has 2 fully saturated rings. The van der Waals surface area contributed by atoms with Crippen molar-refractivity contribution in [3.05, 3.63) is 23.5 Å². The highest BCUT2D eigenvalue weighted by molar-refractivity contribution is 7.87. The summed E-state index contributed by atoms with van der Waals surface area (Å²) in [4.78, 5) is 0. The third-order valence-electron chi connectivity index (χ3n) is 7.08. The van der Waals surface area contributed by atoms with Crippen LogP contribution < -0.4 is 0 Å². The molecule has 1 saturated carbocycles. The van der Waals surface area contributed by atoms with Crippen LogP contribution in [0.25, 0.3) is 0 Å². The molecule has 4 aliphatic rings. The lowest BCUT2D eigenvalue weighted by Gasteiger charge is -2.56. The fourth-order valence-corrected chi connectivity index (χ4v) is 5.76. The van der Waals surface area contributed by atoms with Gasteiger partial charge in [-0.1, -0.05) is 25.5 Å². The smallest absolute Gasteiger partial charge is 0.381 e. The van der Waals surface area contributed by atoms with Crippen LogP contribution in [0, 0.1) is 16.7 Å². The Hall–Kier alpha value is -1.06. The second-order valence-electron chi connectivity index (χ2n) is 8.36. The van der Waals surface area contributed by atoms with Crippen molar-refractivity contribution >= 4 is 10.1 Å². The van der Waals surface area contributed by atoms with Gasteiger partial charge >= 0.3 is 15.6 Å². The molecular weight excluding hydrogens is 385 g/mol. The zero-order valence-electron chi connectivity index (χ0n) is 15.3. The van der Waals surface area contributed by atoms with Gasteiger partial charge in [0.05, 0.1) is 13.2 Å². The minimum absolute atomic E-state index is 0.00384. The monoisotopic (exact) mass is 408 g/mol. The van der Waals surface area contributed by atoms with Crippen LogP contribution in [0.5, 0.6) is 0 Å². The van der Waals surface area contributed by atoms with E-state index in [1.807, 2.05) is 6.92 Å². The van der Waals surface area contributed by atoms with Crippen molar-refractivity contribution in [3.8, 4) is 0 Å². The lowest BCUT2D eigenvalue weighted by molar-refractivity contribution is -0.184. The summed E-state index contributed by atoms with van der Waals surface area (Å²) in [7, 11) is -5.64. The van der Waals surface area contributed by atoms with Crippen LogP contribution in [0.15, 0.2) is 23.5 Å². The van der Waals surface area contributed by atoms with Gasteiger partial charge in [0.25, 0.3) is 0 Å². The first-order valence-electron chi connectivity index (χ1n) is 9.11. The van der Waals surface area contributed by atoms with Crippen molar-refractivity contribution in [3.63, 3.8) is 0 Å². The SMILES string of the molecule is C[C@]12CCC3(CC1=CC[C@H]1CC(OS(=O)(=O)C(F)(F)F)=C[C@@]12C)OCCO3. The van der Waals surface area contributed by atoms with Crippen molar-refractivity contribution in [1.82, 2.24) is 0 Å². The highest BCUT2D eigenvalue weighted by atomic mass is 32.2. The van der Waals surface area contributed by atoms with Gasteiger partial charge < -0.3 is 13.7 Å². The minimum Gasteiger partial charge on any atom is -0.381 e. The van der Waals surface area contributed by atoms with Gasteiger partial charge in [0.2, 0.25) is 0 Å². The van der Waals surface area contributed by atoms with E-state index in [9.17, 15) is 21.6 Å². The van der Waals surface area contributed by atoms with Gasteiger partial charge in [-0.15, -0.1) is 0 Å². The second kappa shape index (κ2) is 5.73. The third-order valence-corrected chi connectivity index (χ3v) is 8.08. The standard InChI is InChI=1S/C18H23F3O5S/c1-15-5-6-17(24-7-8-25-17)10-13(15)4-3-12-9-14(11-16(12,15)2)26-27(22,23)18(19,20)21/h4,11-12H,3,5-10H2,1-2H3/t12-,15-,16-/m0/s1. The molecule has 3 aliphatic carbocycles. The normalized spacial score (nSPS) is 38.2. The Morgan fingerprint density at radius 1 is 1.19 bits per heavy atom. The van der Waals surface area contributed by atoms with Gasteiger partial charge in [0, 0.05) is 24.7 Å². The number of hydrogen-bond acceptors (Lipinski definition) is 5. The van der Waals surface area contributed by atoms with Crippen LogP contribution in [-0.4, -0.2) is 32.9 Å². The van der Waals surface area contributed by atoms with Crippen molar-refractivity contribution in [2.75, 3.05) is 13.2 Å². The van der Waals surface area contributed by atoms with E-state index in [1.165, 1.54) is 5.57 Å². The lowest BCUT2D eigenvalue weighted by Crippen LogP contribution is -2.50. The molecule has 4 rings (SSSR count). The maximum Gasteiger partial charge on any atom is 0.534 e. The largest absolute Gasteiger partial charge is 0.534 e. The summed E-state index contributed by atoms with van der Waals surface area (Å²) >= 11 is 0. The first kappa shape index (κ1) is 19.3. The Morgan fingerprint density at radius 2 is 1.85 bits per heavy atom. The molecule has 27 heavy (non-hydrogen) atoms. The molecule has 152 valence electrons. The van der Waals surface area contributed by atoms with Gasteiger partial charge in [-0.25, -0.2) is 0 Å². The topological polar surface area (TPSA) is 61.8 Å². The summed E-state index contributed by atoms with van der Waals surface area (Å²) in [6.45, 7) is 5.23. The van der Waals surface area contributed by atoms with Crippen molar-refractivity contribution < 1.29 is 35.2 Å². The molecule has 0 aromatic rings. The first-order chi connectivity index (χ1) is 12.4. The zero-order chi connectivity index (χ0) is 19.7. The Labute approximate surface area is 156 Å². The fraction of sp³-hybridized carbons (Fsp3) is 0.778. The molecule has 0 bridgehead atoms. The highest BCUT2D eigenvalue weighted by Crippen LogP contribution is 2.65. The number of alkyl halides is 3. The molecule has 0 unspecified atom stereocenters. The van der Waals surface area contributed by atoms with Crippen LogP contribution in [0.3, 0.4) is 0 Å². The highest BCUT2D eigenvalue weighted by Gasteiger charge is 2.60. The third kappa shape index (κ3) is 2.76. The summed E-state index contributed by atoms with van der Waals surface area (Å²) in [6, 6.07) is 0. The Balaban J connectivity index is 1.63. The number of halogens is 3. The molecule has 0 amide bonds.